The van der Waals surface area contributed by atoms with Crippen molar-refractivity contribution in [3.05, 3.63) is 54.6 Å². The summed E-state index contributed by atoms with van der Waals surface area (Å²) in [5, 5.41) is 3.54. The van der Waals surface area contributed by atoms with Crippen molar-refractivity contribution < 1.29 is 0 Å². The maximum Gasteiger partial charge on any atom is 0.0419 e. The number of hydrogen-bond acceptors (Lipinski definition) is 1. The second kappa shape index (κ2) is 6.25. The average Bonchev–Trinajstić information content (AvgIpc) is 2.40. The van der Waals surface area contributed by atoms with Crippen molar-refractivity contribution in [3.63, 3.8) is 0 Å². The van der Waals surface area contributed by atoms with Crippen molar-refractivity contribution in [3.8, 4) is 11.1 Å². The van der Waals surface area contributed by atoms with E-state index in [1.807, 2.05) is 0 Å². The third-order valence-electron chi connectivity index (χ3n) is 3.05. The highest BCUT2D eigenvalue weighted by molar-refractivity contribution is 5.77. The number of para-hydroxylation sites is 1. The van der Waals surface area contributed by atoms with Crippen LogP contribution in [0.2, 0.25) is 0 Å². The predicted molar refractivity (Wildman–Crippen MR) is 79.8 cm³/mol. The first-order valence-corrected chi connectivity index (χ1v) is 6.65. The Labute approximate surface area is 110 Å². The lowest BCUT2D eigenvalue weighted by Gasteiger charge is -2.13. The lowest BCUT2D eigenvalue weighted by Crippen LogP contribution is -2.05. The van der Waals surface area contributed by atoms with Gasteiger partial charge < -0.3 is 5.32 Å². The van der Waals surface area contributed by atoms with Crippen LogP contribution in [-0.2, 0) is 0 Å². The first-order chi connectivity index (χ1) is 8.77. The average molecular weight is 239 g/mol. The molecule has 18 heavy (non-hydrogen) atoms. The molecule has 2 aromatic rings. The summed E-state index contributed by atoms with van der Waals surface area (Å²) in [6.07, 6.45) is 1.20. The minimum atomic E-state index is 0.737. The van der Waals surface area contributed by atoms with Gasteiger partial charge in [-0.25, -0.2) is 0 Å². The van der Waals surface area contributed by atoms with Crippen molar-refractivity contribution in [1.82, 2.24) is 0 Å². The van der Waals surface area contributed by atoms with Crippen LogP contribution in [0.3, 0.4) is 0 Å². The van der Waals surface area contributed by atoms with Crippen molar-refractivity contribution >= 4 is 5.69 Å². The molecule has 0 bridgehead atoms. The molecule has 0 saturated heterocycles. The standard InChI is InChI=1S/C17H21N/c1-14(2)12-13-18-17-11-7-6-10-16(17)15-8-4-3-5-9-15/h3-11,14,18H,12-13H2,1-2H3. The fourth-order valence-corrected chi connectivity index (χ4v) is 2.00. The van der Waals surface area contributed by atoms with Crippen LogP contribution < -0.4 is 5.32 Å². The Balaban J connectivity index is 2.16. The van der Waals surface area contributed by atoms with E-state index in [1.54, 1.807) is 0 Å². The van der Waals surface area contributed by atoms with Crippen LogP contribution >= 0.6 is 0 Å². The molecular weight excluding hydrogens is 218 g/mol. The Morgan fingerprint density at radius 2 is 1.56 bits per heavy atom. The predicted octanol–water partition coefficient (Wildman–Crippen LogP) is 4.81. The number of rotatable bonds is 5. The van der Waals surface area contributed by atoms with Gasteiger partial charge in [-0.3, -0.25) is 0 Å². The molecule has 0 spiro atoms. The molecular formula is C17H21N. The quantitative estimate of drug-likeness (QED) is 0.789. The summed E-state index contributed by atoms with van der Waals surface area (Å²) in [7, 11) is 0. The molecule has 94 valence electrons. The van der Waals surface area contributed by atoms with E-state index >= 15 is 0 Å². The van der Waals surface area contributed by atoms with E-state index in [9.17, 15) is 0 Å². The summed E-state index contributed by atoms with van der Waals surface area (Å²) < 4.78 is 0. The highest BCUT2D eigenvalue weighted by Gasteiger charge is 2.03. The molecule has 1 heteroatoms. The fourth-order valence-electron chi connectivity index (χ4n) is 2.00. The molecule has 0 aliphatic rings. The zero-order valence-electron chi connectivity index (χ0n) is 11.2. The van der Waals surface area contributed by atoms with Crippen molar-refractivity contribution in [2.75, 3.05) is 11.9 Å². The smallest absolute Gasteiger partial charge is 0.0419 e. The molecule has 1 N–H and O–H groups in total. The summed E-state index contributed by atoms with van der Waals surface area (Å²) in [6.45, 7) is 5.54. The third kappa shape index (κ3) is 3.36. The molecule has 0 heterocycles. The number of anilines is 1. The molecule has 0 radical (unpaired) electrons. The summed E-state index contributed by atoms with van der Waals surface area (Å²) in [6, 6.07) is 19.0. The second-order valence-corrected chi connectivity index (χ2v) is 5.02. The zero-order valence-corrected chi connectivity index (χ0v) is 11.2. The monoisotopic (exact) mass is 239 g/mol. The number of nitrogens with one attached hydrogen (secondary N) is 1. The van der Waals surface area contributed by atoms with Crippen LogP contribution in [0.1, 0.15) is 20.3 Å². The van der Waals surface area contributed by atoms with Gasteiger partial charge in [0, 0.05) is 17.8 Å². The Morgan fingerprint density at radius 3 is 2.28 bits per heavy atom. The summed E-state index contributed by atoms with van der Waals surface area (Å²) in [5.74, 6) is 0.737. The van der Waals surface area contributed by atoms with Gasteiger partial charge in [0.1, 0.15) is 0 Å². The highest BCUT2D eigenvalue weighted by atomic mass is 14.9. The normalized spacial score (nSPS) is 10.6. The van der Waals surface area contributed by atoms with E-state index in [-0.39, 0.29) is 0 Å². The Morgan fingerprint density at radius 1 is 0.889 bits per heavy atom. The van der Waals surface area contributed by atoms with Crippen molar-refractivity contribution in [2.45, 2.75) is 20.3 Å². The Hall–Kier alpha value is -1.76. The summed E-state index contributed by atoms with van der Waals surface area (Å²) >= 11 is 0. The van der Waals surface area contributed by atoms with Gasteiger partial charge in [0.15, 0.2) is 0 Å². The van der Waals surface area contributed by atoms with E-state index in [2.05, 4.69) is 73.8 Å². The third-order valence-corrected chi connectivity index (χ3v) is 3.05. The van der Waals surface area contributed by atoms with Crippen molar-refractivity contribution in [1.29, 1.82) is 0 Å². The summed E-state index contributed by atoms with van der Waals surface area (Å²) in [5.41, 5.74) is 3.77. The molecule has 1 nitrogen and oxygen atoms in total. The molecule has 2 aromatic carbocycles. The second-order valence-electron chi connectivity index (χ2n) is 5.02. The van der Waals surface area contributed by atoms with Gasteiger partial charge in [-0.1, -0.05) is 62.4 Å². The van der Waals surface area contributed by atoms with E-state index in [0.717, 1.165) is 12.5 Å². The van der Waals surface area contributed by atoms with Gasteiger partial charge in [-0.15, -0.1) is 0 Å². The molecule has 0 aliphatic heterocycles. The van der Waals surface area contributed by atoms with E-state index in [0.29, 0.717) is 0 Å². The molecule has 0 unspecified atom stereocenters. The first kappa shape index (κ1) is 12.7. The van der Waals surface area contributed by atoms with Gasteiger partial charge >= 0.3 is 0 Å². The lowest BCUT2D eigenvalue weighted by atomic mass is 10.0. The number of hydrogen-bond donors (Lipinski definition) is 1. The zero-order chi connectivity index (χ0) is 12.8. The maximum absolute atomic E-state index is 3.54. The fraction of sp³-hybridized carbons (Fsp3) is 0.294. The minimum absolute atomic E-state index is 0.737. The van der Waals surface area contributed by atoms with Gasteiger partial charge in [-0.2, -0.15) is 0 Å². The Kier molecular flexibility index (Phi) is 4.40. The number of benzene rings is 2. The maximum atomic E-state index is 3.54. The molecule has 0 saturated carbocycles. The van der Waals surface area contributed by atoms with Crippen LogP contribution in [0.4, 0.5) is 5.69 Å². The van der Waals surface area contributed by atoms with Crippen molar-refractivity contribution in [2.24, 2.45) is 5.92 Å². The minimum Gasteiger partial charge on any atom is -0.385 e. The molecule has 2 rings (SSSR count). The summed E-state index contributed by atoms with van der Waals surface area (Å²) in [4.78, 5) is 0. The lowest BCUT2D eigenvalue weighted by molar-refractivity contribution is 0.607. The van der Waals surface area contributed by atoms with Gasteiger partial charge in [0.2, 0.25) is 0 Å². The van der Waals surface area contributed by atoms with Crippen LogP contribution in [0.15, 0.2) is 54.6 Å². The van der Waals surface area contributed by atoms with Crippen LogP contribution in [0, 0.1) is 5.92 Å². The van der Waals surface area contributed by atoms with Crippen LogP contribution in [-0.4, -0.2) is 6.54 Å². The highest BCUT2D eigenvalue weighted by Crippen LogP contribution is 2.27. The largest absolute Gasteiger partial charge is 0.385 e. The molecule has 0 aromatic heterocycles. The molecule has 0 atom stereocenters. The topological polar surface area (TPSA) is 12.0 Å². The molecule has 0 fully saturated rings. The van der Waals surface area contributed by atoms with Crippen LogP contribution in [0.5, 0.6) is 0 Å². The van der Waals surface area contributed by atoms with Gasteiger partial charge in [0.25, 0.3) is 0 Å². The van der Waals surface area contributed by atoms with E-state index < -0.39 is 0 Å². The van der Waals surface area contributed by atoms with E-state index in [4.69, 9.17) is 0 Å². The Bertz CT molecular complexity index is 474. The first-order valence-electron chi connectivity index (χ1n) is 6.65. The molecule has 0 aliphatic carbocycles. The van der Waals surface area contributed by atoms with Gasteiger partial charge in [-0.05, 0) is 24.0 Å². The SMILES string of the molecule is CC(C)CCNc1ccccc1-c1ccccc1. The van der Waals surface area contributed by atoms with Crippen LogP contribution in [0.25, 0.3) is 11.1 Å². The van der Waals surface area contributed by atoms with Gasteiger partial charge in [0.05, 0.1) is 0 Å². The molecule has 0 amide bonds. The van der Waals surface area contributed by atoms with E-state index in [1.165, 1.54) is 23.2 Å².